The molecule has 1 aliphatic heterocycles. The van der Waals surface area contributed by atoms with Crippen molar-refractivity contribution in [2.24, 2.45) is 0 Å². The average molecular weight is 423 g/mol. The van der Waals surface area contributed by atoms with Crippen LogP contribution in [0.4, 0.5) is 13.2 Å². The number of carboxylic acids is 1. The molecule has 2 heterocycles. The number of hydrogen-bond acceptors (Lipinski definition) is 5. The van der Waals surface area contributed by atoms with Crippen molar-refractivity contribution in [1.29, 1.82) is 5.26 Å². The zero-order valence-corrected chi connectivity index (χ0v) is 16.3. The summed E-state index contributed by atoms with van der Waals surface area (Å²) in [5.41, 5.74) is 2.45. The van der Waals surface area contributed by atoms with Gasteiger partial charge in [0, 0.05) is 33.7 Å². The number of carbonyl (C=O) groups is 2. The standard InChI is InChI=1S/C17H19N5O.C2HF3O2/c1-20(2)17(23)15-10-19-16-12-21(6-7-22(15)16)11-14-5-3-4-13(8-14)9-18;3-2(4,5)1(6)7/h3-5,8,10H,6-7,11-12H2,1-2H3;(H,6,7). The quantitative estimate of drug-likeness (QED) is 0.811. The maximum absolute atomic E-state index is 12.1. The van der Waals surface area contributed by atoms with Gasteiger partial charge in [-0.3, -0.25) is 9.69 Å². The first-order chi connectivity index (χ1) is 14.0. The molecule has 0 radical (unpaired) electrons. The van der Waals surface area contributed by atoms with Crippen LogP contribution in [0.1, 0.15) is 27.4 Å². The van der Waals surface area contributed by atoms with Crippen molar-refractivity contribution >= 4 is 11.9 Å². The Kier molecular flexibility index (Phi) is 7.18. The molecule has 0 atom stereocenters. The fourth-order valence-electron chi connectivity index (χ4n) is 2.84. The summed E-state index contributed by atoms with van der Waals surface area (Å²) in [5.74, 6) is -1.86. The predicted octanol–water partition coefficient (Wildman–Crippen LogP) is 2.11. The second kappa shape index (κ2) is 9.41. The van der Waals surface area contributed by atoms with E-state index in [0.29, 0.717) is 17.8 Å². The van der Waals surface area contributed by atoms with Gasteiger partial charge in [0.05, 0.1) is 24.4 Å². The van der Waals surface area contributed by atoms with E-state index in [9.17, 15) is 18.0 Å². The van der Waals surface area contributed by atoms with E-state index >= 15 is 0 Å². The molecule has 2 aromatic rings. The summed E-state index contributed by atoms with van der Waals surface area (Å²) in [6, 6.07) is 9.84. The fraction of sp³-hybridized carbons (Fsp3) is 0.368. The Morgan fingerprint density at radius 2 is 1.97 bits per heavy atom. The maximum Gasteiger partial charge on any atom is 0.490 e. The molecule has 0 spiro atoms. The van der Waals surface area contributed by atoms with Crippen LogP contribution in [-0.4, -0.2) is 63.2 Å². The third-order valence-corrected chi connectivity index (χ3v) is 4.27. The van der Waals surface area contributed by atoms with Crippen molar-refractivity contribution < 1.29 is 27.9 Å². The summed E-state index contributed by atoms with van der Waals surface area (Å²) in [6.45, 7) is 3.09. The molecule has 0 saturated heterocycles. The normalized spacial score (nSPS) is 13.5. The Balaban J connectivity index is 0.000000396. The molecule has 11 heteroatoms. The molecule has 0 bridgehead atoms. The Bertz CT molecular complexity index is 963. The Labute approximate surface area is 170 Å². The van der Waals surface area contributed by atoms with Gasteiger partial charge in [0.1, 0.15) is 11.5 Å². The minimum Gasteiger partial charge on any atom is -0.475 e. The van der Waals surface area contributed by atoms with E-state index in [2.05, 4.69) is 16.0 Å². The lowest BCUT2D eigenvalue weighted by Gasteiger charge is -2.28. The van der Waals surface area contributed by atoms with Crippen LogP contribution in [0.3, 0.4) is 0 Å². The van der Waals surface area contributed by atoms with E-state index in [1.807, 2.05) is 28.8 Å². The molecule has 30 heavy (non-hydrogen) atoms. The van der Waals surface area contributed by atoms with Crippen molar-refractivity contribution in [2.45, 2.75) is 25.8 Å². The largest absolute Gasteiger partial charge is 0.490 e. The number of nitrogens with zero attached hydrogens (tertiary/aromatic N) is 5. The molecular weight excluding hydrogens is 403 g/mol. The number of halogens is 3. The number of rotatable bonds is 3. The highest BCUT2D eigenvalue weighted by Gasteiger charge is 2.38. The molecule has 1 aromatic carbocycles. The molecular formula is C19H20F3N5O3. The van der Waals surface area contributed by atoms with Crippen molar-refractivity contribution in [3.8, 4) is 6.07 Å². The number of hydrogen-bond donors (Lipinski definition) is 1. The predicted molar refractivity (Wildman–Crippen MR) is 99.2 cm³/mol. The summed E-state index contributed by atoms with van der Waals surface area (Å²) < 4.78 is 33.7. The fourth-order valence-corrected chi connectivity index (χ4v) is 2.84. The van der Waals surface area contributed by atoms with Gasteiger partial charge < -0.3 is 14.6 Å². The zero-order chi connectivity index (χ0) is 22.5. The minimum absolute atomic E-state index is 0.0149. The van der Waals surface area contributed by atoms with Crippen LogP contribution in [0.5, 0.6) is 0 Å². The van der Waals surface area contributed by atoms with Gasteiger partial charge in [-0.25, -0.2) is 9.78 Å². The van der Waals surface area contributed by atoms with Crippen LogP contribution in [0.15, 0.2) is 30.5 Å². The van der Waals surface area contributed by atoms with Crippen molar-refractivity contribution in [3.05, 3.63) is 53.1 Å². The first kappa shape index (κ1) is 22.9. The molecule has 3 rings (SSSR count). The van der Waals surface area contributed by atoms with Crippen LogP contribution in [0.25, 0.3) is 0 Å². The van der Waals surface area contributed by atoms with Crippen LogP contribution < -0.4 is 0 Å². The number of nitriles is 1. The molecule has 0 aliphatic carbocycles. The Morgan fingerprint density at radius 1 is 1.30 bits per heavy atom. The summed E-state index contributed by atoms with van der Waals surface area (Å²) in [5, 5.41) is 16.1. The van der Waals surface area contributed by atoms with Gasteiger partial charge in [-0.15, -0.1) is 0 Å². The number of alkyl halides is 3. The molecule has 160 valence electrons. The third kappa shape index (κ3) is 5.81. The zero-order valence-electron chi connectivity index (χ0n) is 16.3. The van der Waals surface area contributed by atoms with Crippen LogP contribution in [-0.2, 0) is 24.4 Å². The second-order valence-corrected chi connectivity index (χ2v) is 6.74. The summed E-state index contributed by atoms with van der Waals surface area (Å²) >= 11 is 0. The topological polar surface area (TPSA) is 102 Å². The van der Waals surface area contributed by atoms with Crippen LogP contribution in [0.2, 0.25) is 0 Å². The smallest absolute Gasteiger partial charge is 0.475 e. The number of aliphatic carboxylic acids is 1. The van der Waals surface area contributed by atoms with E-state index in [0.717, 1.165) is 31.0 Å². The lowest BCUT2D eigenvalue weighted by Crippen LogP contribution is -2.35. The molecule has 0 unspecified atom stereocenters. The van der Waals surface area contributed by atoms with Gasteiger partial charge in [0.2, 0.25) is 0 Å². The number of carboxylic acid groups (broad SMARTS) is 1. The molecule has 8 nitrogen and oxygen atoms in total. The maximum atomic E-state index is 12.1. The Morgan fingerprint density at radius 3 is 2.53 bits per heavy atom. The van der Waals surface area contributed by atoms with E-state index in [4.69, 9.17) is 15.2 Å². The van der Waals surface area contributed by atoms with Crippen LogP contribution >= 0.6 is 0 Å². The first-order valence-electron chi connectivity index (χ1n) is 8.80. The van der Waals surface area contributed by atoms with Gasteiger partial charge in [-0.1, -0.05) is 12.1 Å². The average Bonchev–Trinajstić information content (AvgIpc) is 3.10. The molecule has 1 aliphatic rings. The van der Waals surface area contributed by atoms with Crippen LogP contribution in [0, 0.1) is 11.3 Å². The monoisotopic (exact) mass is 423 g/mol. The van der Waals surface area contributed by atoms with Crippen molar-refractivity contribution in [3.63, 3.8) is 0 Å². The van der Waals surface area contributed by atoms with Gasteiger partial charge >= 0.3 is 12.1 Å². The highest BCUT2D eigenvalue weighted by molar-refractivity contribution is 5.92. The lowest BCUT2D eigenvalue weighted by atomic mass is 10.1. The number of benzene rings is 1. The van der Waals surface area contributed by atoms with Gasteiger partial charge in [0.25, 0.3) is 5.91 Å². The minimum atomic E-state index is -5.08. The number of imidazole rings is 1. The molecule has 0 saturated carbocycles. The van der Waals surface area contributed by atoms with Gasteiger partial charge in [-0.2, -0.15) is 18.4 Å². The Hall–Kier alpha value is -3.39. The lowest BCUT2D eigenvalue weighted by molar-refractivity contribution is -0.192. The van der Waals surface area contributed by atoms with E-state index in [1.54, 1.807) is 25.2 Å². The number of carbonyl (C=O) groups excluding carboxylic acids is 1. The van der Waals surface area contributed by atoms with Gasteiger partial charge in [0.15, 0.2) is 0 Å². The highest BCUT2D eigenvalue weighted by Crippen LogP contribution is 2.18. The summed E-state index contributed by atoms with van der Waals surface area (Å²) in [4.78, 5) is 29.3. The SMILES string of the molecule is CN(C)C(=O)c1cnc2n1CCN(Cc1cccc(C#N)c1)C2.O=C(O)C(F)(F)F. The summed E-state index contributed by atoms with van der Waals surface area (Å²) in [6.07, 6.45) is -3.42. The molecule has 1 aromatic heterocycles. The third-order valence-electron chi connectivity index (χ3n) is 4.27. The number of fused-ring (bicyclic) bond motifs is 1. The highest BCUT2D eigenvalue weighted by atomic mass is 19.4. The first-order valence-corrected chi connectivity index (χ1v) is 8.80. The second-order valence-electron chi connectivity index (χ2n) is 6.74. The molecule has 1 N–H and O–H groups in total. The van der Waals surface area contributed by atoms with Crippen molar-refractivity contribution in [2.75, 3.05) is 20.6 Å². The number of amides is 1. The van der Waals surface area contributed by atoms with Crippen molar-refractivity contribution in [1.82, 2.24) is 19.4 Å². The molecule has 1 amide bonds. The number of aromatic nitrogens is 2. The van der Waals surface area contributed by atoms with Gasteiger partial charge in [-0.05, 0) is 17.7 Å². The van der Waals surface area contributed by atoms with E-state index in [-0.39, 0.29) is 5.91 Å². The van der Waals surface area contributed by atoms with E-state index < -0.39 is 12.1 Å². The molecule has 0 fully saturated rings. The summed E-state index contributed by atoms with van der Waals surface area (Å²) in [7, 11) is 3.50. The van der Waals surface area contributed by atoms with E-state index in [1.165, 1.54) is 0 Å².